The molecule has 0 aliphatic heterocycles. The van der Waals surface area contributed by atoms with E-state index in [9.17, 15) is 0 Å². The molecule has 0 aliphatic carbocycles. The standard InChI is InChI=1S/C14H26N2O/c1-4-7-14(15-2)13-8-10-16(12-13)9-5-6-11-17-3/h8,10,12,14-15H,4-7,9,11H2,1-3H3. The number of nitrogens with zero attached hydrogens (tertiary/aromatic N) is 1. The van der Waals surface area contributed by atoms with Crippen molar-refractivity contribution in [1.29, 1.82) is 0 Å². The van der Waals surface area contributed by atoms with Crippen molar-refractivity contribution in [3.63, 3.8) is 0 Å². The van der Waals surface area contributed by atoms with Gasteiger partial charge in [0, 0.05) is 38.7 Å². The van der Waals surface area contributed by atoms with Crippen LogP contribution >= 0.6 is 0 Å². The Morgan fingerprint density at radius 1 is 1.41 bits per heavy atom. The summed E-state index contributed by atoms with van der Waals surface area (Å²) < 4.78 is 7.34. The Bertz CT molecular complexity index is 296. The van der Waals surface area contributed by atoms with E-state index in [0.29, 0.717) is 6.04 Å². The molecule has 3 nitrogen and oxygen atoms in total. The van der Waals surface area contributed by atoms with Crippen molar-refractivity contribution in [2.24, 2.45) is 0 Å². The van der Waals surface area contributed by atoms with Crippen molar-refractivity contribution in [3.8, 4) is 0 Å². The van der Waals surface area contributed by atoms with Gasteiger partial charge in [-0.2, -0.15) is 0 Å². The van der Waals surface area contributed by atoms with Crippen molar-refractivity contribution >= 4 is 0 Å². The molecule has 0 fully saturated rings. The zero-order valence-corrected chi connectivity index (χ0v) is 11.4. The molecule has 3 heteroatoms. The van der Waals surface area contributed by atoms with Gasteiger partial charge in [0.1, 0.15) is 0 Å². The van der Waals surface area contributed by atoms with Crippen LogP contribution in [-0.4, -0.2) is 25.3 Å². The fourth-order valence-electron chi connectivity index (χ4n) is 2.11. The van der Waals surface area contributed by atoms with E-state index >= 15 is 0 Å². The third kappa shape index (κ3) is 4.92. The number of rotatable bonds is 9. The predicted octanol–water partition coefficient (Wildman–Crippen LogP) is 2.98. The molecule has 1 N–H and O–H groups in total. The molecule has 0 aromatic carbocycles. The van der Waals surface area contributed by atoms with Gasteiger partial charge in [0.15, 0.2) is 0 Å². The summed E-state index contributed by atoms with van der Waals surface area (Å²) in [6.45, 7) is 4.18. The van der Waals surface area contributed by atoms with Crippen molar-refractivity contribution in [1.82, 2.24) is 9.88 Å². The number of methoxy groups -OCH3 is 1. The second-order valence-corrected chi connectivity index (χ2v) is 4.51. The summed E-state index contributed by atoms with van der Waals surface area (Å²) in [6.07, 6.45) is 9.18. The molecule has 17 heavy (non-hydrogen) atoms. The van der Waals surface area contributed by atoms with E-state index in [2.05, 4.69) is 35.3 Å². The van der Waals surface area contributed by atoms with Crippen LogP contribution in [-0.2, 0) is 11.3 Å². The fourth-order valence-corrected chi connectivity index (χ4v) is 2.11. The van der Waals surface area contributed by atoms with Crippen LogP contribution in [0.2, 0.25) is 0 Å². The summed E-state index contributed by atoms with van der Waals surface area (Å²) in [5.41, 5.74) is 1.40. The third-order valence-corrected chi connectivity index (χ3v) is 3.12. The zero-order valence-electron chi connectivity index (χ0n) is 11.4. The highest BCUT2D eigenvalue weighted by molar-refractivity contribution is 5.15. The first kappa shape index (κ1) is 14.3. The molecule has 0 bridgehead atoms. The molecular weight excluding hydrogens is 212 g/mol. The van der Waals surface area contributed by atoms with Crippen molar-refractivity contribution in [2.75, 3.05) is 20.8 Å². The van der Waals surface area contributed by atoms with E-state index in [1.165, 1.54) is 24.8 Å². The molecule has 0 saturated heterocycles. The van der Waals surface area contributed by atoms with Gasteiger partial charge < -0.3 is 14.6 Å². The number of aryl methyl sites for hydroxylation is 1. The van der Waals surface area contributed by atoms with Gasteiger partial charge in [0.2, 0.25) is 0 Å². The number of ether oxygens (including phenoxy) is 1. The number of unbranched alkanes of at least 4 members (excludes halogenated alkanes) is 1. The van der Waals surface area contributed by atoms with Gasteiger partial charge in [-0.1, -0.05) is 13.3 Å². The molecule has 0 saturated carbocycles. The van der Waals surface area contributed by atoms with Crippen molar-refractivity contribution in [3.05, 3.63) is 24.0 Å². The summed E-state index contributed by atoms with van der Waals surface area (Å²) in [4.78, 5) is 0. The molecule has 1 aromatic rings. The summed E-state index contributed by atoms with van der Waals surface area (Å²) >= 11 is 0. The molecule has 0 amide bonds. The van der Waals surface area contributed by atoms with E-state index in [4.69, 9.17) is 4.74 Å². The lowest BCUT2D eigenvalue weighted by Crippen LogP contribution is -2.15. The Morgan fingerprint density at radius 3 is 2.88 bits per heavy atom. The second-order valence-electron chi connectivity index (χ2n) is 4.51. The number of aromatic nitrogens is 1. The first-order chi connectivity index (χ1) is 8.31. The van der Waals surface area contributed by atoms with Crippen LogP contribution in [0.3, 0.4) is 0 Å². The minimum Gasteiger partial charge on any atom is -0.385 e. The molecule has 1 atom stereocenters. The Kier molecular flexibility index (Phi) is 6.97. The highest BCUT2D eigenvalue weighted by atomic mass is 16.5. The van der Waals surface area contributed by atoms with Crippen LogP contribution in [0.5, 0.6) is 0 Å². The number of hydrogen-bond donors (Lipinski definition) is 1. The first-order valence-electron chi connectivity index (χ1n) is 6.63. The SMILES string of the molecule is CCCC(NC)c1ccn(CCCCOC)c1. The Balaban J connectivity index is 2.40. The molecule has 1 heterocycles. The lowest BCUT2D eigenvalue weighted by atomic mass is 10.1. The normalized spacial score (nSPS) is 12.9. The van der Waals surface area contributed by atoms with Gasteiger partial charge >= 0.3 is 0 Å². The van der Waals surface area contributed by atoms with Gasteiger partial charge in [-0.25, -0.2) is 0 Å². The van der Waals surface area contributed by atoms with Crippen LogP contribution in [0, 0.1) is 0 Å². The highest BCUT2D eigenvalue weighted by Gasteiger charge is 2.08. The van der Waals surface area contributed by atoms with Crippen LogP contribution in [0.25, 0.3) is 0 Å². The van der Waals surface area contributed by atoms with E-state index < -0.39 is 0 Å². The smallest absolute Gasteiger partial charge is 0.0462 e. The summed E-state index contributed by atoms with van der Waals surface area (Å²) in [5.74, 6) is 0. The number of hydrogen-bond acceptors (Lipinski definition) is 2. The van der Waals surface area contributed by atoms with Crippen LogP contribution in [0.1, 0.15) is 44.2 Å². The highest BCUT2D eigenvalue weighted by Crippen LogP contribution is 2.18. The Hall–Kier alpha value is -0.800. The lowest BCUT2D eigenvalue weighted by molar-refractivity contribution is 0.191. The first-order valence-corrected chi connectivity index (χ1v) is 6.63. The predicted molar refractivity (Wildman–Crippen MR) is 72.3 cm³/mol. The topological polar surface area (TPSA) is 26.2 Å². The van der Waals surface area contributed by atoms with E-state index in [1.54, 1.807) is 7.11 Å². The van der Waals surface area contributed by atoms with Gasteiger partial charge in [-0.3, -0.25) is 0 Å². The fraction of sp³-hybridized carbons (Fsp3) is 0.714. The molecule has 98 valence electrons. The molecular formula is C14H26N2O. The summed E-state index contributed by atoms with van der Waals surface area (Å²) in [5, 5.41) is 3.38. The summed E-state index contributed by atoms with van der Waals surface area (Å²) in [6, 6.07) is 2.73. The van der Waals surface area contributed by atoms with Gasteiger partial charge in [-0.05, 0) is 37.9 Å². The van der Waals surface area contributed by atoms with E-state index in [1.807, 2.05) is 7.05 Å². The van der Waals surface area contributed by atoms with Crippen LogP contribution < -0.4 is 5.32 Å². The zero-order chi connectivity index (χ0) is 12.5. The molecule has 1 aromatic heterocycles. The van der Waals surface area contributed by atoms with Crippen LogP contribution in [0.4, 0.5) is 0 Å². The van der Waals surface area contributed by atoms with Crippen molar-refractivity contribution < 1.29 is 4.74 Å². The molecule has 1 rings (SSSR count). The maximum absolute atomic E-state index is 5.05. The maximum atomic E-state index is 5.05. The van der Waals surface area contributed by atoms with Crippen molar-refractivity contribution in [2.45, 2.75) is 45.2 Å². The average molecular weight is 238 g/mol. The molecule has 1 unspecified atom stereocenters. The molecule has 0 spiro atoms. The number of nitrogens with one attached hydrogen (secondary N) is 1. The lowest BCUT2D eigenvalue weighted by Gasteiger charge is -2.13. The van der Waals surface area contributed by atoms with Gasteiger partial charge in [-0.15, -0.1) is 0 Å². The van der Waals surface area contributed by atoms with Gasteiger partial charge in [0.05, 0.1) is 0 Å². The monoisotopic (exact) mass is 238 g/mol. The molecule has 0 aliphatic rings. The average Bonchev–Trinajstić information content (AvgIpc) is 2.80. The minimum absolute atomic E-state index is 0.500. The Labute approximate surface area is 105 Å². The minimum atomic E-state index is 0.500. The van der Waals surface area contributed by atoms with E-state index in [-0.39, 0.29) is 0 Å². The Morgan fingerprint density at radius 2 is 2.24 bits per heavy atom. The van der Waals surface area contributed by atoms with Gasteiger partial charge in [0.25, 0.3) is 0 Å². The maximum Gasteiger partial charge on any atom is 0.0462 e. The quantitative estimate of drug-likeness (QED) is 0.669. The second kappa shape index (κ2) is 8.31. The van der Waals surface area contributed by atoms with Crippen LogP contribution in [0.15, 0.2) is 18.5 Å². The molecule has 0 radical (unpaired) electrons. The third-order valence-electron chi connectivity index (χ3n) is 3.12. The largest absolute Gasteiger partial charge is 0.385 e. The van der Waals surface area contributed by atoms with E-state index in [0.717, 1.165) is 19.6 Å². The summed E-state index contributed by atoms with van der Waals surface area (Å²) in [7, 11) is 3.80.